The smallest absolute Gasteiger partial charge is 0.0869 e. The van der Waals surface area contributed by atoms with Gasteiger partial charge in [0.2, 0.25) is 0 Å². The Morgan fingerprint density at radius 1 is 1.50 bits per heavy atom. The SMILES string of the molecule is CCn1nc(C)cc1CNCC(C)(O)CN(C)C. The summed E-state index contributed by atoms with van der Waals surface area (Å²) in [7, 11) is 3.92. The maximum Gasteiger partial charge on any atom is 0.0869 e. The molecule has 1 aromatic heterocycles. The number of rotatable bonds is 7. The molecule has 0 fully saturated rings. The first-order valence-corrected chi connectivity index (χ1v) is 6.45. The third kappa shape index (κ3) is 4.76. The maximum atomic E-state index is 10.2. The molecule has 1 rings (SSSR count). The molecule has 0 aliphatic heterocycles. The minimum atomic E-state index is -0.713. The minimum Gasteiger partial charge on any atom is -0.388 e. The number of aryl methyl sites for hydroxylation is 2. The van der Waals surface area contributed by atoms with Crippen molar-refractivity contribution in [2.75, 3.05) is 27.2 Å². The first-order valence-electron chi connectivity index (χ1n) is 6.45. The summed E-state index contributed by atoms with van der Waals surface area (Å²) in [5, 5.41) is 17.9. The fourth-order valence-electron chi connectivity index (χ4n) is 2.21. The molecule has 0 spiro atoms. The van der Waals surface area contributed by atoms with Gasteiger partial charge >= 0.3 is 0 Å². The lowest BCUT2D eigenvalue weighted by atomic mass is 10.1. The zero-order valence-electron chi connectivity index (χ0n) is 12.2. The average molecular weight is 254 g/mol. The molecule has 18 heavy (non-hydrogen) atoms. The predicted molar refractivity (Wildman–Crippen MR) is 73.5 cm³/mol. The Kier molecular flexibility index (Phi) is 5.31. The molecule has 1 atom stereocenters. The summed E-state index contributed by atoms with van der Waals surface area (Å²) in [6.07, 6.45) is 0. The van der Waals surface area contributed by atoms with Crippen LogP contribution in [0.5, 0.6) is 0 Å². The number of hydrogen-bond donors (Lipinski definition) is 2. The van der Waals surface area contributed by atoms with Gasteiger partial charge in [-0.1, -0.05) is 0 Å². The number of nitrogens with one attached hydrogen (secondary N) is 1. The van der Waals surface area contributed by atoms with Gasteiger partial charge in [0.05, 0.1) is 17.0 Å². The molecule has 104 valence electrons. The highest BCUT2D eigenvalue weighted by molar-refractivity contribution is 5.08. The van der Waals surface area contributed by atoms with E-state index in [0.717, 1.165) is 24.5 Å². The van der Waals surface area contributed by atoms with Crippen LogP contribution in [0.15, 0.2) is 6.07 Å². The Morgan fingerprint density at radius 3 is 2.72 bits per heavy atom. The highest BCUT2D eigenvalue weighted by atomic mass is 16.3. The Balaban J connectivity index is 2.45. The molecule has 5 nitrogen and oxygen atoms in total. The number of aromatic nitrogens is 2. The zero-order chi connectivity index (χ0) is 13.8. The third-order valence-electron chi connectivity index (χ3n) is 2.75. The second-order valence-electron chi connectivity index (χ2n) is 5.43. The van der Waals surface area contributed by atoms with Crippen molar-refractivity contribution in [2.45, 2.75) is 39.5 Å². The van der Waals surface area contributed by atoms with Gasteiger partial charge in [0.25, 0.3) is 0 Å². The van der Waals surface area contributed by atoms with Crippen molar-refractivity contribution in [3.8, 4) is 0 Å². The first kappa shape index (κ1) is 15.1. The van der Waals surface area contributed by atoms with Crippen molar-refractivity contribution in [1.29, 1.82) is 0 Å². The monoisotopic (exact) mass is 254 g/mol. The minimum absolute atomic E-state index is 0.569. The Labute approximate surface area is 110 Å². The molecule has 1 unspecified atom stereocenters. The summed E-state index contributed by atoms with van der Waals surface area (Å²) in [4.78, 5) is 1.99. The molecule has 0 radical (unpaired) electrons. The van der Waals surface area contributed by atoms with E-state index in [1.807, 2.05) is 37.5 Å². The van der Waals surface area contributed by atoms with E-state index in [-0.39, 0.29) is 0 Å². The molecule has 5 heteroatoms. The topological polar surface area (TPSA) is 53.3 Å². The fourth-order valence-corrected chi connectivity index (χ4v) is 2.21. The van der Waals surface area contributed by atoms with Gasteiger partial charge in [-0.05, 0) is 40.9 Å². The number of hydrogen-bond acceptors (Lipinski definition) is 4. The number of likely N-dealkylation sites (N-methyl/N-ethyl adjacent to an activating group) is 1. The van der Waals surface area contributed by atoms with Crippen molar-refractivity contribution >= 4 is 0 Å². The standard InChI is InChI=1S/C13H26N4O/c1-6-17-12(7-11(2)15-17)8-14-9-13(3,18)10-16(4)5/h7,14,18H,6,8-10H2,1-5H3. The highest BCUT2D eigenvalue weighted by Crippen LogP contribution is 2.06. The van der Waals surface area contributed by atoms with E-state index >= 15 is 0 Å². The molecule has 0 bridgehead atoms. The van der Waals surface area contributed by atoms with E-state index in [2.05, 4.69) is 23.4 Å². The van der Waals surface area contributed by atoms with Gasteiger partial charge in [0.15, 0.2) is 0 Å². The van der Waals surface area contributed by atoms with E-state index in [1.165, 1.54) is 0 Å². The van der Waals surface area contributed by atoms with E-state index < -0.39 is 5.60 Å². The average Bonchev–Trinajstić information content (AvgIpc) is 2.56. The van der Waals surface area contributed by atoms with Crippen LogP contribution in [0, 0.1) is 6.92 Å². The molecule has 0 aliphatic carbocycles. The Bertz CT molecular complexity index is 371. The van der Waals surface area contributed by atoms with Crippen LogP contribution in [0.4, 0.5) is 0 Å². The van der Waals surface area contributed by atoms with Crippen LogP contribution in [-0.4, -0.2) is 52.6 Å². The molecule has 0 saturated heterocycles. The van der Waals surface area contributed by atoms with Crippen LogP contribution < -0.4 is 5.32 Å². The lowest BCUT2D eigenvalue weighted by Crippen LogP contribution is -2.45. The molecular weight excluding hydrogens is 228 g/mol. The summed E-state index contributed by atoms with van der Waals surface area (Å²) < 4.78 is 1.99. The molecular formula is C13H26N4O. The molecule has 1 heterocycles. The molecule has 0 amide bonds. The lowest BCUT2D eigenvalue weighted by molar-refractivity contribution is 0.0334. The molecule has 0 aliphatic rings. The first-order chi connectivity index (χ1) is 8.34. The van der Waals surface area contributed by atoms with Crippen molar-refractivity contribution in [3.05, 3.63) is 17.5 Å². The van der Waals surface area contributed by atoms with Crippen molar-refractivity contribution in [3.63, 3.8) is 0 Å². The van der Waals surface area contributed by atoms with Crippen molar-refractivity contribution < 1.29 is 5.11 Å². The molecule has 0 aromatic carbocycles. The van der Waals surface area contributed by atoms with Gasteiger partial charge in [-0.2, -0.15) is 5.10 Å². The highest BCUT2D eigenvalue weighted by Gasteiger charge is 2.20. The van der Waals surface area contributed by atoms with Gasteiger partial charge in [0.1, 0.15) is 0 Å². The second kappa shape index (κ2) is 6.31. The normalized spacial score (nSPS) is 15.1. The summed E-state index contributed by atoms with van der Waals surface area (Å²) in [6.45, 7) is 8.75. The molecule has 1 aromatic rings. The van der Waals surface area contributed by atoms with Crippen LogP contribution in [0.3, 0.4) is 0 Å². The third-order valence-corrected chi connectivity index (χ3v) is 2.75. The predicted octanol–water partition coefficient (Wildman–Crippen LogP) is 0.614. The Morgan fingerprint density at radius 2 is 2.17 bits per heavy atom. The van der Waals surface area contributed by atoms with Crippen LogP contribution >= 0.6 is 0 Å². The van der Waals surface area contributed by atoms with E-state index in [0.29, 0.717) is 13.1 Å². The van der Waals surface area contributed by atoms with Crippen LogP contribution in [0.2, 0.25) is 0 Å². The maximum absolute atomic E-state index is 10.2. The van der Waals surface area contributed by atoms with Gasteiger partial charge in [-0.25, -0.2) is 0 Å². The second-order valence-corrected chi connectivity index (χ2v) is 5.43. The van der Waals surface area contributed by atoms with Gasteiger partial charge in [0, 0.05) is 26.2 Å². The zero-order valence-corrected chi connectivity index (χ0v) is 12.2. The fraction of sp³-hybridized carbons (Fsp3) is 0.769. The summed E-state index contributed by atoms with van der Waals surface area (Å²) in [6, 6.07) is 2.08. The largest absolute Gasteiger partial charge is 0.388 e. The van der Waals surface area contributed by atoms with Gasteiger partial charge in [-0.15, -0.1) is 0 Å². The van der Waals surface area contributed by atoms with Crippen LogP contribution in [0.1, 0.15) is 25.2 Å². The van der Waals surface area contributed by atoms with E-state index in [1.54, 1.807) is 0 Å². The van der Waals surface area contributed by atoms with Crippen LogP contribution in [-0.2, 0) is 13.1 Å². The Hall–Kier alpha value is -0.910. The number of aliphatic hydroxyl groups is 1. The summed E-state index contributed by atoms with van der Waals surface area (Å²) >= 11 is 0. The molecule has 2 N–H and O–H groups in total. The molecule has 0 saturated carbocycles. The lowest BCUT2D eigenvalue weighted by Gasteiger charge is -2.27. The van der Waals surface area contributed by atoms with Gasteiger partial charge < -0.3 is 15.3 Å². The van der Waals surface area contributed by atoms with Crippen LogP contribution in [0.25, 0.3) is 0 Å². The van der Waals surface area contributed by atoms with Gasteiger partial charge in [-0.3, -0.25) is 4.68 Å². The summed E-state index contributed by atoms with van der Waals surface area (Å²) in [5.41, 5.74) is 1.49. The van der Waals surface area contributed by atoms with Crippen molar-refractivity contribution in [1.82, 2.24) is 20.0 Å². The summed E-state index contributed by atoms with van der Waals surface area (Å²) in [5.74, 6) is 0. The van der Waals surface area contributed by atoms with E-state index in [4.69, 9.17) is 0 Å². The number of nitrogens with zero attached hydrogens (tertiary/aromatic N) is 3. The quantitative estimate of drug-likeness (QED) is 0.749. The van der Waals surface area contributed by atoms with E-state index in [9.17, 15) is 5.11 Å². The van der Waals surface area contributed by atoms with Crippen molar-refractivity contribution in [2.24, 2.45) is 0 Å².